The number of nitrogens with one attached hydrogen (secondary N) is 1. The second-order valence-corrected chi connectivity index (χ2v) is 6.04. The first-order valence-electron chi connectivity index (χ1n) is 7.08. The van der Waals surface area contributed by atoms with Crippen LogP contribution in [0.2, 0.25) is 0 Å². The van der Waals surface area contributed by atoms with Gasteiger partial charge in [0.15, 0.2) is 0 Å². The molecule has 0 saturated heterocycles. The summed E-state index contributed by atoms with van der Waals surface area (Å²) in [6.45, 7) is 6.29. The maximum absolute atomic E-state index is 12.0. The third-order valence-electron chi connectivity index (χ3n) is 2.90. The molecule has 1 aromatic carbocycles. The number of amides is 1. The Morgan fingerprint density at radius 1 is 1.30 bits per heavy atom. The van der Waals surface area contributed by atoms with Gasteiger partial charge in [-0.1, -0.05) is 57.2 Å². The summed E-state index contributed by atoms with van der Waals surface area (Å²) in [4.78, 5) is 12.0. The van der Waals surface area contributed by atoms with Gasteiger partial charge < -0.3 is 10.4 Å². The van der Waals surface area contributed by atoms with Crippen LogP contribution in [-0.2, 0) is 4.79 Å². The van der Waals surface area contributed by atoms with Crippen molar-refractivity contribution in [1.82, 2.24) is 5.32 Å². The van der Waals surface area contributed by atoms with Crippen molar-refractivity contribution in [2.75, 3.05) is 6.61 Å². The Kier molecular flexibility index (Phi) is 6.46. The van der Waals surface area contributed by atoms with Crippen LogP contribution in [0.5, 0.6) is 0 Å². The van der Waals surface area contributed by atoms with Crippen LogP contribution in [0.15, 0.2) is 42.5 Å². The van der Waals surface area contributed by atoms with Gasteiger partial charge in [-0.25, -0.2) is 0 Å². The average Bonchev–Trinajstić information content (AvgIpc) is 2.41. The zero-order valence-corrected chi connectivity index (χ0v) is 12.6. The SMILES string of the molecule is CC(C)(C)/C=C/C(=O)NC(CCCO)c1ccccc1. The molecule has 0 bridgehead atoms. The lowest BCUT2D eigenvalue weighted by Crippen LogP contribution is -2.27. The molecule has 0 aliphatic heterocycles. The molecule has 0 saturated carbocycles. The molecule has 0 aliphatic rings. The standard InChI is InChI=1S/C17H25NO2/c1-17(2,3)12-11-16(20)18-15(10-7-13-19)14-8-5-4-6-9-14/h4-6,8-9,11-12,15,19H,7,10,13H2,1-3H3,(H,18,20)/b12-11+. The minimum atomic E-state index is -0.0910. The number of hydrogen-bond acceptors (Lipinski definition) is 2. The lowest BCUT2D eigenvalue weighted by atomic mass is 9.96. The van der Waals surface area contributed by atoms with Gasteiger partial charge in [0.05, 0.1) is 6.04 Å². The number of hydrogen-bond donors (Lipinski definition) is 2. The first kappa shape index (κ1) is 16.4. The molecule has 1 atom stereocenters. The van der Waals surface area contributed by atoms with E-state index in [0.717, 1.165) is 12.0 Å². The molecule has 1 amide bonds. The first-order chi connectivity index (χ1) is 9.42. The number of benzene rings is 1. The number of allylic oxidation sites excluding steroid dienone is 1. The van der Waals surface area contributed by atoms with Crippen LogP contribution in [0, 0.1) is 5.41 Å². The van der Waals surface area contributed by atoms with E-state index in [-0.39, 0.29) is 24.0 Å². The van der Waals surface area contributed by atoms with E-state index in [1.165, 1.54) is 0 Å². The van der Waals surface area contributed by atoms with Gasteiger partial charge in [0, 0.05) is 6.61 Å². The van der Waals surface area contributed by atoms with Crippen LogP contribution < -0.4 is 5.32 Å². The fourth-order valence-corrected chi connectivity index (χ4v) is 1.85. The van der Waals surface area contributed by atoms with E-state index in [1.54, 1.807) is 6.08 Å². The summed E-state index contributed by atoms with van der Waals surface area (Å²) in [6, 6.07) is 9.80. The molecule has 0 fully saturated rings. The second kappa shape index (κ2) is 7.85. The van der Waals surface area contributed by atoms with Crippen LogP contribution >= 0.6 is 0 Å². The minimum absolute atomic E-state index is 0.00924. The molecule has 0 radical (unpaired) electrons. The van der Waals surface area contributed by atoms with Gasteiger partial charge in [-0.05, 0) is 29.9 Å². The van der Waals surface area contributed by atoms with Gasteiger partial charge in [-0.3, -0.25) is 4.79 Å². The average molecular weight is 275 g/mol. The van der Waals surface area contributed by atoms with E-state index in [1.807, 2.05) is 36.4 Å². The summed E-state index contributed by atoms with van der Waals surface area (Å²) in [7, 11) is 0. The Hall–Kier alpha value is -1.61. The molecular formula is C17H25NO2. The summed E-state index contributed by atoms with van der Waals surface area (Å²) in [5, 5.41) is 12.0. The van der Waals surface area contributed by atoms with E-state index in [4.69, 9.17) is 5.11 Å². The number of aliphatic hydroxyl groups is 1. The van der Waals surface area contributed by atoms with Crippen molar-refractivity contribution in [1.29, 1.82) is 0 Å². The van der Waals surface area contributed by atoms with Crippen molar-refractivity contribution < 1.29 is 9.90 Å². The molecule has 20 heavy (non-hydrogen) atoms. The lowest BCUT2D eigenvalue weighted by Gasteiger charge is -2.18. The van der Waals surface area contributed by atoms with Crippen molar-refractivity contribution in [3.05, 3.63) is 48.0 Å². The highest BCUT2D eigenvalue weighted by Crippen LogP contribution is 2.19. The first-order valence-corrected chi connectivity index (χ1v) is 7.08. The Bertz CT molecular complexity index is 432. The summed E-state index contributed by atoms with van der Waals surface area (Å²) in [6.07, 6.45) is 4.89. The predicted octanol–water partition coefficient (Wildman–Crippen LogP) is 3.22. The van der Waals surface area contributed by atoms with Gasteiger partial charge in [-0.15, -0.1) is 0 Å². The number of carbonyl (C=O) groups excluding carboxylic acids is 1. The number of carbonyl (C=O) groups is 1. The maximum atomic E-state index is 12.0. The lowest BCUT2D eigenvalue weighted by molar-refractivity contribution is -0.117. The highest BCUT2D eigenvalue weighted by atomic mass is 16.2. The minimum Gasteiger partial charge on any atom is -0.396 e. The molecule has 2 N–H and O–H groups in total. The highest BCUT2D eigenvalue weighted by Gasteiger charge is 2.13. The van der Waals surface area contributed by atoms with Crippen molar-refractivity contribution in [2.24, 2.45) is 5.41 Å². The molecular weight excluding hydrogens is 250 g/mol. The summed E-state index contributed by atoms with van der Waals surface area (Å²) in [5.41, 5.74) is 1.06. The number of rotatable bonds is 6. The fourth-order valence-electron chi connectivity index (χ4n) is 1.85. The molecule has 1 aromatic rings. The summed E-state index contributed by atoms with van der Waals surface area (Å²) < 4.78 is 0. The van der Waals surface area contributed by atoms with Crippen molar-refractivity contribution in [3.63, 3.8) is 0 Å². The van der Waals surface area contributed by atoms with Crippen LogP contribution in [0.25, 0.3) is 0 Å². The van der Waals surface area contributed by atoms with E-state index in [9.17, 15) is 4.79 Å². The van der Waals surface area contributed by atoms with Gasteiger partial charge in [0.2, 0.25) is 5.91 Å². The summed E-state index contributed by atoms with van der Waals surface area (Å²) in [5.74, 6) is -0.0910. The molecule has 1 rings (SSSR count). The molecule has 0 aromatic heterocycles. The molecule has 3 heteroatoms. The normalized spacial score (nSPS) is 13.4. The van der Waals surface area contributed by atoms with Gasteiger partial charge in [0.25, 0.3) is 0 Å². The third kappa shape index (κ3) is 6.53. The smallest absolute Gasteiger partial charge is 0.244 e. The monoisotopic (exact) mass is 275 g/mol. The van der Waals surface area contributed by atoms with Crippen molar-refractivity contribution in [2.45, 2.75) is 39.7 Å². The van der Waals surface area contributed by atoms with Crippen LogP contribution in [-0.4, -0.2) is 17.6 Å². The van der Waals surface area contributed by atoms with E-state index < -0.39 is 0 Å². The maximum Gasteiger partial charge on any atom is 0.244 e. The van der Waals surface area contributed by atoms with Crippen molar-refractivity contribution in [3.8, 4) is 0 Å². The Morgan fingerprint density at radius 2 is 1.95 bits per heavy atom. The van der Waals surface area contributed by atoms with E-state index >= 15 is 0 Å². The van der Waals surface area contributed by atoms with Gasteiger partial charge in [0.1, 0.15) is 0 Å². The van der Waals surface area contributed by atoms with E-state index in [0.29, 0.717) is 6.42 Å². The fraction of sp³-hybridized carbons (Fsp3) is 0.471. The zero-order valence-electron chi connectivity index (χ0n) is 12.6. The van der Waals surface area contributed by atoms with Crippen LogP contribution in [0.1, 0.15) is 45.2 Å². The molecule has 0 aliphatic carbocycles. The third-order valence-corrected chi connectivity index (χ3v) is 2.90. The Labute approximate surface area is 121 Å². The van der Waals surface area contributed by atoms with Crippen LogP contribution in [0.4, 0.5) is 0 Å². The second-order valence-electron chi connectivity index (χ2n) is 6.04. The van der Waals surface area contributed by atoms with Gasteiger partial charge >= 0.3 is 0 Å². The molecule has 0 spiro atoms. The molecule has 3 nitrogen and oxygen atoms in total. The molecule has 110 valence electrons. The number of aliphatic hydroxyl groups excluding tert-OH is 1. The van der Waals surface area contributed by atoms with Gasteiger partial charge in [-0.2, -0.15) is 0 Å². The highest BCUT2D eigenvalue weighted by molar-refractivity contribution is 5.87. The molecule has 0 heterocycles. The Morgan fingerprint density at radius 3 is 2.50 bits per heavy atom. The predicted molar refractivity (Wildman–Crippen MR) is 82.2 cm³/mol. The van der Waals surface area contributed by atoms with Crippen LogP contribution in [0.3, 0.4) is 0 Å². The zero-order chi connectivity index (χ0) is 15.0. The largest absolute Gasteiger partial charge is 0.396 e. The van der Waals surface area contributed by atoms with E-state index in [2.05, 4.69) is 26.1 Å². The Balaban J connectivity index is 2.70. The molecule has 1 unspecified atom stereocenters. The topological polar surface area (TPSA) is 49.3 Å². The van der Waals surface area contributed by atoms with Crippen molar-refractivity contribution >= 4 is 5.91 Å². The summed E-state index contributed by atoms with van der Waals surface area (Å²) >= 11 is 0. The quantitative estimate of drug-likeness (QED) is 0.783.